The van der Waals surface area contributed by atoms with E-state index in [0.717, 1.165) is 16.0 Å². The van der Waals surface area contributed by atoms with Gasteiger partial charge in [0.1, 0.15) is 22.2 Å². The number of methoxy groups -OCH3 is 2. The highest BCUT2D eigenvalue weighted by molar-refractivity contribution is 6.53. The Morgan fingerprint density at radius 3 is 2.41 bits per heavy atom. The van der Waals surface area contributed by atoms with Gasteiger partial charge in [-0.25, -0.2) is 4.90 Å². The number of anilines is 2. The van der Waals surface area contributed by atoms with Crippen molar-refractivity contribution in [2.75, 3.05) is 24.4 Å². The molecular formula is C20H19ClN2O4. The van der Waals surface area contributed by atoms with Gasteiger partial charge in [-0.3, -0.25) is 9.59 Å². The number of hydrogen-bond donors (Lipinski definition) is 1. The summed E-state index contributed by atoms with van der Waals surface area (Å²) in [5.74, 6) is -0.289. The fraction of sp³-hybridized carbons (Fsp3) is 0.200. The van der Waals surface area contributed by atoms with Crippen LogP contribution in [0.4, 0.5) is 11.4 Å². The Morgan fingerprint density at radius 1 is 1.00 bits per heavy atom. The lowest BCUT2D eigenvalue weighted by molar-refractivity contribution is -0.120. The predicted molar refractivity (Wildman–Crippen MR) is 104 cm³/mol. The summed E-state index contributed by atoms with van der Waals surface area (Å²) in [6.45, 7) is 3.89. The Kier molecular flexibility index (Phi) is 5.10. The van der Waals surface area contributed by atoms with Gasteiger partial charge in [0.05, 0.1) is 19.9 Å². The molecule has 0 unspecified atom stereocenters. The summed E-state index contributed by atoms with van der Waals surface area (Å²) in [6, 6.07) is 10.5. The molecule has 0 saturated heterocycles. The second-order valence-electron chi connectivity index (χ2n) is 6.04. The summed E-state index contributed by atoms with van der Waals surface area (Å²) >= 11 is 6.20. The molecule has 2 aromatic carbocycles. The molecule has 1 N–H and O–H groups in total. The van der Waals surface area contributed by atoms with Crippen molar-refractivity contribution >= 4 is 34.8 Å². The van der Waals surface area contributed by atoms with Crippen LogP contribution < -0.4 is 19.7 Å². The molecule has 3 rings (SSSR count). The third kappa shape index (κ3) is 3.24. The predicted octanol–water partition coefficient (Wildman–Crippen LogP) is 3.76. The van der Waals surface area contributed by atoms with Crippen molar-refractivity contribution in [1.82, 2.24) is 0 Å². The molecule has 0 aliphatic carbocycles. The zero-order chi connectivity index (χ0) is 19.7. The zero-order valence-corrected chi connectivity index (χ0v) is 16.2. The molecule has 140 valence electrons. The normalized spacial score (nSPS) is 14.0. The highest BCUT2D eigenvalue weighted by Crippen LogP contribution is 2.37. The van der Waals surface area contributed by atoms with Gasteiger partial charge in [-0.05, 0) is 43.2 Å². The first-order valence-corrected chi connectivity index (χ1v) is 8.60. The highest BCUT2D eigenvalue weighted by atomic mass is 35.5. The van der Waals surface area contributed by atoms with Crippen molar-refractivity contribution in [3.8, 4) is 11.5 Å². The van der Waals surface area contributed by atoms with Crippen LogP contribution in [0, 0.1) is 13.8 Å². The molecule has 0 atom stereocenters. The number of hydrogen-bond acceptors (Lipinski definition) is 5. The molecule has 2 amide bonds. The van der Waals surface area contributed by atoms with Crippen molar-refractivity contribution in [3.05, 3.63) is 58.3 Å². The van der Waals surface area contributed by atoms with Gasteiger partial charge in [-0.15, -0.1) is 0 Å². The number of ether oxygens (including phenoxy) is 2. The van der Waals surface area contributed by atoms with Crippen LogP contribution in [0.2, 0.25) is 0 Å². The van der Waals surface area contributed by atoms with Crippen LogP contribution in [-0.2, 0) is 9.59 Å². The van der Waals surface area contributed by atoms with Crippen molar-refractivity contribution in [2.24, 2.45) is 0 Å². The third-order valence-corrected chi connectivity index (χ3v) is 4.87. The molecule has 27 heavy (non-hydrogen) atoms. The summed E-state index contributed by atoms with van der Waals surface area (Å²) in [6.07, 6.45) is 0. The Hall–Kier alpha value is -2.99. The summed E-state index contributed by atoms with van der Waals surface area (Å²) in [7, 11) is 2.97. The standard InChI is InChI=1S/C20H19ClN2O4/c1-11-6-5-7-14(12(11)2)22-18-17(21)19(24)23(20(18)25)15-9-8-13(26-3)10-16(15)27-4/h5-10,22H,1-4H3. The van der Waals surface area contributed by atoms with Crippen molar-refractivity contribution in [1.29, 1.82) is 0 Å². The lowest BCUT2D eigenvalue weighted by Gasteiger charge is -2.19. The van der Waals surface area contributed by atoms with E-state index < -0.39 is 11.8 Å². The summed E-state index contributed by atoms with van der Waals surface area (Å²) in [5, 5.41) is 2.84. The molecule has 1 aliphatic rings. The molecule has 0 aromatic heterocycles. The smallest absolute Gasteiger partial charge is 0.283 e. The second-order valence-corrected chi connectivity index (χ2v) is 6.42. The minimum Gasteiger partial charge on any atom is -0.497 e. The van der Waals surface area contributed by atoms with Crippen molar-refractivity contribution in [2.45, 2.75) is 13.8 Å². The molecule has 2 aromatic rings. The van der Waals surface area contributed by atoms with Crippen LogP contribution in [0.1, 0.15) is 11.1 Å². The first-order valence-electron chi connectivity index (χ1n) is 8.22. The molecule has 0 bridgehead atoms. The Bertz CT molecular complexity index is 968. The summed E-state index contributed by atoms with van der Waals surface area (Å²) in [5.41, 5.74) is 3.07. The van der Waals surface area contributed by atoms with Crippen LogP contribution in [0.5, 0.6) is 11.5 Å². The van der Waals surface area contributed by atoms with E-state index in [-0.39, 0.29) is 10.7 Å². The zero-order valence-electron chi connectivity index (χ0n) is 15.4. The van der Waals surface area contributed by atoms with E-state index in [2.05, 4.69) is 5.32 Å². The van der Waals surface area contributed by atoms with Gasteiger partial charge >= 0.3 is 0 Å². The minimum absolute atomic E-state index is 0.0354. The number of imide groups is 1. The Morgan fingerprint density at radius 2 is 1.74 bits per heavy atom. The van der Waals surface area contributed by atoms with Crippen LogP contribution in [0.3, 0.4) is 0 Å². The lowest BCUT2D eigenvalue weighted by Crippen LogP contribution is -2.32. The first-order chi connectivity index (χ1) is 12.9. The largest absolute Gasteiger partial charge is 0.497 e. The van der Waals surface area contributed by atoms with E-state index >= 15 is 0 Å². The van der Waals surface area contributed by atoms with Gasteiger partial charge in [0.25, 0.3) is 11.8 Å². The van der Waals surface area contributed by atoms with Gasteiger partial charge in [-0.1, -0.05) is 23.7 Å². The number of nitrogens with zero attached hydrogens (tertiary/aromatic N) is 1. The van der Waals surface area contributed by atoms with Crippen molar-refractivity contribution in [3.63, 3.8) is 0 Å². The molecular weight excluding hydrogens is 368 g/mol. The fourth-order valence-corrected chi connectivity index (χ4v) is 3.03. The summed E-state index contributed by atoms with van der Waals surface area (Å²) < 4.78 is 10.5. The fourth-order valence-electron chi connectivity index (χ4n) is 2.82. The topological polar surface area (TPSA) is 67.9 Å². The third-order valence-electron chi connectivity index (χ3n) is 4.52. The number of aryl methyl sites for hydroxylation is 1. The van der Waals surface area contributed by atoms with Crippen LogP contribution in [0.25, 0.3) is 0 Å². The van der Waals surface area contributed by atoms with Gasteiger partial charge in [0, 0.05) is 11.8 Å². The SMILES string of the molecule is COc1ccc(N2C(=O)C(Cl)=C(Nc3cccc(C)c3C)C2=O)c(OC)c1. The maximum absolute atomic E-state index is 13.0. The number of benzene rings is 2. The number of rotatable bonds is 5. The monoisotopic (exact) mass is 386 g/mol. The van der Waals surface area contributed by atoms with E-state index in [1.54, 1.807) is 18.2 Å². The molecule has 1 aliphatic heterocycles. The van der Waals surface area contributed by atoms with Crippen LogP contribution >= 0.6 is 11.6 Å². The number of nitrogens with one attached hydrogen (secondary N) is 1. The average molecular weight is 387 g/mol. The highest BCUT2D eigenvalue weighted by Gasteiger charge is 2.40. The first kappa shape index (κ1) is 18.8. The number of amides is 2. The maximum Gasteiger partial charge on any atom is 0.283 e. The maximum atomic E-state index is 13.0. The minimum atomic E-state index is -0.613. The Labute approximate surface area is 162 Å². The molecule has 1 heterocycles. The van der Waals surface area contributed by atoms with E-state index in [1.165, 1.54) is 14.2 Å². The van der Waals surface area contributed by atoms with E-state index in [9.17, 15) is 9.59 Å². The van der Waals surface area contributed by atoms with Crippen molar-refractivity contribution < 1.29 is 19.1 Å². The van der Waals surface area contributed by atoms with Gasteiger partial charge in [0.15, 0.2) is 0 Å². The van der Waals surface area contributed by atoms with Gasteiger partial charge < -0.3 is 14.8 Å². The number of carbonyl (C=O) groups is 2. The average Bonchev–Trinajstić information content (AvgIpc) is 2.88. The molecule has 0 fully saturated rings. The van der Waals surface area contributed by atoms with Gasteiger partial charge in [-0.2, -0.15) is 0 Å². The lowest BCUT2D eigenvalue weighted by atomic mass is 10.1. The number of carbonyl (C=O) groups excluding carboxylic acids is 2. The molecule has 0 radical (unpaired) electrons. The van der Waals surface area contributed by atoms with E-state index in [1.807, 2.05) is 32.0 Å². The molecule has 0 spiro atoms. The molecule has 7 heteroatoms. The quantitative estimate of drug-likeness (QED) is 0.792. The van der Waals surface area contributed by atoms with Crippen LogP contribution in [-0.4, -0.2) is 26.0 Å². The van der Waals surface area contributed by atoms with Gasteiger partial charge in [0.2, 0.25) is 0 Å². The van der Waals surface area contributed by atoms with E-state index in [4.69, 9.17) is 21.1 Å². The molecule has 6 nitrogen and oxygen atoms in total. The summed E-state index contributed by atoms with van der Waals surface area (Å²) in [4.78, 5) is 26.6. The molecule has 0 saturated carbocycles. The van der Waals surface area contributed by atoms with E-state index in [0.29, 0.717) is 22.9 Å². The van der Waals surface area contributed by atoms with Crippen LogP contribution in [0.15, 0.2) is 47.1 Å². The number of halogens is 1. The Balaban J connectivity index is 1.98. The second kappa shape index (κ2) is 7.32.